The Bertz CT molecular complexity index is 4220. The number of ether oxygens (including phenoxy) is 9. The van der Waals surface area contributed by atoms with E-state index >= 15 is 0 Å². The first-order valence-electron chi connectivity index (χ1n) is 36.3. The van der Waals surface area contributed by atoms with Crippen LogP contribution in [0.4, 0.5) is 31.4 Å². The first-order valence-corrected chi connectivity index (χ1v) is 40.8. The molecule has 2 aliphatic heterocycles. The van der Waals surface area contributed by atoms with Gasteiger partial charge < -0.3 is 99.1 Å². The average molecular weight is 1700 g/mol. The number of hydrogen-bond donors (Lipinski definition) is 8. The summed E-state index contributed by atoms with van der Waals surface area (Å²) in [7, 11) is -2.05. The number of likely N-dealkylation sites (N-methyl/N-ethyl adjacent to an activating group) is 1. The topological polar surface area (TPSA) is 403 Å². The van der Waals surface area contributed by atoms with E-state index in [9.17, 15) is 57.5 Å². The van der Waals surface area contributed by atoms with E-state index in [1.807, 2.05) is 12.1 Å². The first kappa shape index (κ1) is 89.2. The number of amides is 10. The molecule has 3 heterocycles. The summed E-state index contributed by atoms with van der Waals surface area (Å²) in [6.45, 7) is 8.26. The minimum Gasteiger partial charge on any atom is -0.445 e. The quantitative estimate of drug-likeness (QED) is 0.0101. The summed E-state index contributed by atoms with van der Waals surface area (Å²) in [6.07, 6.45) is -1.23. The molecule has 0 bridgehead atoms. The lowest BCUT2D eigenvalue weighted by Crippen LogP contribution is -2.54. The molecule has 4 atom stereocenters. The number of nitrogens with two attached hydrogens (primary N) is 1. The Hall–Kier alpha value is -8.32. The second kappa shape index (κ2) is 45.5. The predicted molar refractivity (Wildman–Crippen MR) is 424 cm³/mol. The van der Waals surface area contributed by atoms with Crippen LogP contribution in [0, 0.1) is 5.92 Å². The predicted octanol–water partition coefficient (Wildman–Crippen LogP) is 8.22. The van der Waals surface area contributed by atoms with Gasteiger partial charge in [0.05, 0.1) is 112 Å². The van der Waals surface area contributed by atoms with Gasteiger partial charge in [-0.2, -0.15) is 0 Å². The Morgan fingerprint density at radius 1 is 0.625 bits per heavy atom. The highest BCUT2D eigenvalue weighted by Crippen LogP contribution is 2.50. The van der Waals surface area contributed by atoms with Crippen molar-refractivity contribution in [3.8, 4) is 11.5 Å². The molecule has 112 heavy (non-hydrogen) atoms. The largest absolute Gasteiger partial charge is 0.524 e. The molecule has 6 aromatic rings. The number of fused-ring (bicyclic) bond motifs is 6. The average Bonchev–Trinajstić information content (AvgIpc) is 1.58. The third kappa shape index (κ3) is 26.6. The molecule has 32 nitrogen and oxygen atoms in total. The SMILES string of the molecule is COCCN(CCN(C)C(=O)OCc1ccc(NC(=O)[C@H](CCCNC(N)=O)NC(=O)[C@@H](NC(=O)CCOCCOCCOCCOCCOCCOCCNC(=O)CBr)C(C)C)cc1)C(=O)Oc1cc2c(c3ccccc13)[C@H](CCl)CN2C(=O)c1ccc(C(=O)N2C[C@@H](CCl)c3c2cc(OP(=O)(O)O)c2ccccc32)s1. The van der Waals surface area contributed by atoms with Gasteiger partial charge in [-0.25, -0.2) is 18.9 Å². The van der Waals surface area contributed by atoms with Gasteiger partial charge in [0.25, 0.3) is 11.8 Å². The van der Waals surface area contributed by atoms with Crippen LogP contribution in [0.5, 0.6) is 11.5 Å². The number of rotatable bonds is 47. The number of carbonyl (C=O) groups is 9. The van der Waals surface area contributed by atoms with E-state index in [-0.39, 0.29) is 154 Å². The normalized spacial score (nSPS) is 14.3. The lowest BCUT2D eigenvalue weighted by molar-refractivity contribution is -0.132. The standard InChI is InChI=1S/C75H96BrCl2N10O22PS/c1-48(2)68(84-64(89)21-27-102-30-32-104-34-36-106-38-39-107-37-35-105-33-31-103-28-23-80-65(90)42-76)70(92)83-57(14-9-22-81-73(79)95)69(91)82-52-17-15-49(16-18-52)47-108-74(96)85(3)24-25-86(26-29-101-4)75(97)109-60-40-58-66(55-12-7-5-10-53(55)60)50(43-77)45-87(58)71(93)62-19-20-63(112-62)72(94)88-46-51(44-78)67-56-13-8-6-11-54(56)61(41-59(67)88)110-111(98,99)100/h5-8,10-13,15-20,40-41,48,50-51,57,68H,9,14,21-39,42-47H2,1-4H3,(H,80,90)(H,82,91)(H,83,92)(H,84,89)(H3,79,81,95)(H2,98,99,100)/t50-,51-,57+,68+/m1/s1. The summed E-state index contributed by atoms with van der Waals surface area (Å²) >= 11 is 17.2. The number of halogens is 3. The molecular weight excluding hydrogens is 1610 g/mol. The molecular formula is C75H96BrCl2N10O22PS. The van der Waals surface area contributed by atoms with Crippen molar-refractivity contribution in [1.82, 2.24) is 31.1 Å². The van der Waals surface area contributed by atoms with Crippen LogP contribution in [-0.4, -0.2) is 248 Å². The zero-order chi connectivity index (χ0) is 80.7. The van der Waals surface area contributed by atoms with Crippen molar-refractivity contribution in [2.45, 2.75) is 63.6 Å². The molecule has 2 aliphatic rings. The van der Waals surface area contributed by atoms with E-state index in [4.69, 9.17) is 76.1 Å². The lowest BCUT2D eigenvalue weighted by atomic mass is 9.95. The van der Waals surface area contributed by atoms with E-state index in [1.54, 1.807) is 97.6 Å². The fourth-order valence-electron chi connectivity index (χ4n) is 12.3. The number of alkyl halides is 3. The summed E-state index contributed by atoms with van der Waals surface area (Å²) in [5, 5.41) is 16.0. The number of nitrogens with one attached hydrogen (secondary N) is 5. The Morgan fingerprint density at radius 3 is 1.65 bits per heavy atom. The number of urea groups is 1. The van der Waals surface area contributed by atoms with Crippen LogP contribution in [-0.2, 0) is 68.2 Å². The van der Waals surface area contributed by atoms with Gasteiger partial charge in [0, 0.05) is 119 Å². The van der Waals surface area contributed by atoms with E-state index in [0.717, 1.165) is 16.9 Å². The zero-order valence-corrected chi connectivity index (χ0v) is 67.4. The van der Waals surface area contributed by atoms with Crippen molar-refractivity contribution >= 4 is 151 Å². The highest BCUT2D eigenvalue weighted by Gasteiger charge is 2.40. The molecule has 0 unspecified atom stereocenters. The number of thiophene rings is 1. The van der Waals surface area contributed by atoms with Crippen LogP contribution in [0.15, 0.2) is 97.1 Å². The molecule has 0 saturated heterocycles. The Morgan fingerprint density at radius 2 is 1.14 bits per heavy atom. The molecule has 37 heteroatoms. The number of phosphoric acid groups is 1. The van der Waals surface area contributed by atoms with Crippen molar-refractivity contribution in [1.29, 1.82) is 0 Å². The third-order valence-corrected chi connectivity index (χ3v) is 20.6. The van der Waals surface area contributed by atoms with E-state index < -0.39 is 67.7 Å². The van der Waals surface area contributed by atoms with Gasteiger partial charge >= 0.3 is 26.0 Å². The maximum Gasteiger partial charge on any atom is 0.524 e. The minimum absolute atomic E-state index is 0.00914. The summed E-state index contributed by atoms with van der Waals surface area (Å²) in [4.78, 5) is 146. The Kier molecular flexibility index (Phi) is 36.3. The fraction of sp³-hybridized carbons (Fsp3) is 0.480. The molecule has 0 radical (unpaired) electrons. The molecule has 1 aromatic heterocycles. The number of carbonyl (C=O) groups excluding carboxylic acids is 9. The third-order valence-electron chi connectivity index (χ3n) is 17.9. The van der Waals surface area contributed by atoms with E-state index in [1.165, 1.54) is 34.9 Å². The molecule has 8 rings (SSSR count). The second-order valence-corrected chi connectivity index (χ2v) is 29.6. The minimum atomic E-state index is -5.02. The molecule has 0 aliphatic carbocycles. The molecule has 0 fully saturated rings. The van der Waals surface area contributed by atoms with Crippen LogP contribution in [0.1, 0.15) is 81.0 Å². The van der Waals surface area contributed by atoms with Crippen molar-refractivity contribution in [3.63, 3.8) is 0 Å². The summed E-state index contributed by atoms with van der Waals surface area (Å²) < 4.78 is 67.4. The molecule has 0 spiro atoms. The maximum atomic E-state index is 14.8. The van der Waals surface area contributed by atoms with Gasteiger partial charge in [-0.3, -0.25) is 38.6 Å². The van der Waals surface area contributed by atoms with Crippen LogP contribution in [0.25, 0.3) is 21.5 Å². The first-order chi connectivity index (χ1) is 53.9. The number of hydrogen-bond acceptors (Lipinski definition) is 21. The number of anilines is 3. The molecule has 10 amide bonds. The monoisotopic (exact) mass is 1700 g/mol. The van der Waals surface area contributed by atoms with Gasteiger partial charge in [-0.1, -0.05) is 90.4 Å². The van der Waals surface area contributed by atoms with Crippen LogP contribution in [0.2, 0.25) is 0 Å². The van der Waals surface area contributed by atoms with Gasteiger partial charge in [-0.15, -0.1) is 34.5 Å². The number of benzene rings is 5. The smallest absolute Gasteiger partial charge is 0.445 e. The summed E-state index contributed by atoms with van der Waals surface area (Å²) in [5.41, 5.74) is 8.44. The van der Waals surface area contributed by atoms with E-state index in [2.05, 4.69) is 42.5 Å². The lowest BCUT2D eigenvalue weighted by Gasteiger charge is -2.25. The van der Waals surface area contributed by atoms with Gasteiger partial charge in [0.1, 0.15) is 30.2 Å². The number of primary amides is 1. The molecule has 5 aromatic carbocycles. The molecule has 9 N–H and O–H groups in total. The Labute approximate surface area is 670 Å². The highest BCUT2D eigenvalue weighted by molar-refractivity contribution is 9.09. The fourth-order valence-corrected chi connectivity index (χ4v) is 14.3. The zero-order valence-electron chi connectivity index (χ0n) is 62.6. The second-order valence-electron chi connectivity index (χ2n) is 26.2. The van der Waals surface area contributed by atoms with Crippen molar-refractivity contribution in [2.24, 2.45) is 11.7 Å². The molecule has 0 saturated carbocycles. The van der Waals surface area contributed by atoms with Gasteiger partial charge in [-0.05, 0) is 70.5 Å². The van der Waals surface area contributed by atoms with Crippen molar-refractivity contribution in [3.05, 3.63) is 124 Å². The number of phosphoric ester groups is 1. The number of nitrogens with zero attached hydrogens (tertiary/aromatic N) is 4. The van der Waals surface area contributed by atoms with Crippen molar-refractivity contribution in [2.75, 3.05) is 178 Å². The maximum absolute atomic E-state index is 14.8. The van der Waals surface area contributed by atoms with Gasteiger partial charge in [0.15, 0.2) is 0 Å². The highest BCUT2D eigenvalue weighted by atomic mass is 79.9. The summed E-state index contributed by atoms with van der Waals surface area (Å²) in [5.74, 6) is -3.46. The number of methoxy groups -OCH3 is 1. The van der Waals surface area contributed by atoms with Crippen LogP contribution < -0.4 is 51.4 Å². The Balaban J connectivity index is 0.788. The van der Waals surface area contributed by atoms with Crippen LogP contribution in [0.3, 0.4) is 0 Å². The van der Waals surface area contributed by atoms with Crippen LogP contribution >= 0.6 is 58.3 Å². The molecule has 610 valence electrons. The van der Waals surface area contributed by atoms with Crippen molar-refractivity contribution < 1.29 is 105 Å². The van der Waals surface area contributed by atoms with Gasteiger partial charge in [0.2, 0.25) is 23.6 Å². The summed E-state index contributed by atoms with van der Waals surface area (Å²) in [6, 6.07) is 23.8. The van der Waals surface area contributed by atoms with E-state index in [0.29, 0.717) is 116 Å².